The Bertz CT molecular complexity index is 2580. The van der Waals surface area contributed by atoms with E-state index in [0.29, 0.717) is 28.9 Å². The van der Waals surface area contributed by atoms with Crippen LogP contribution in [0.25, 0.3) is 89.7 Å². The minimum absolute atomic E-state index is 0.561. The van der Waals surface area contributed by atoms with E-state index in [0.717, 1.165) is 60.8 Å². The van der Waals surface area contributed by atoms with Crippen molar-refractivity contribution in [1.29, 1.82) is 0 Å². The quantitative estimate of drug-likeness (QED) is 0.183. The number of hydrogen-bond acceptors (Lipinski definition) is 5. The van der Waals surface area contributed by atoms with Crippen molar-refractivity contribution in [3.63, 3.8) is 0 Å². The molecular weight excluding hydrogens is 601 g/mol. The van der Waals surface area contributed by atoms with Gasteiger partial charge in [-0.3, -0.25) is 0 Å². The number of hydrogen-bond donors (Lipinski definition) is 0. The summed E-state index contributed by atoms with van der Waals surface area (Å²) in [5.41, 5.74) is 9.47. The van der Waals surface area contributed by atoms with Crippen LogP contribution < -0.4 is 0 Å². The Morgan fingerprint density at radius 1 is 0.347 bits per heavy atom. The maximum atomic E-state index is 6.51. The molecule has 0 atom stereocenters. The lowest BCUT2D eigenvalue weighted by Gasteiger charge is -2.14. The number of fused-ring (bicyclic) bond motifs is 3. The first-order chi connectivity index (χ1) is 24.3. The van der Waals surface area contributed by atoms with Crippen molar-refractivity contribution in [3.05, 3.63) is 170 Å². The Labute approximate surface area is 283 Å². The van der Waals surface area contributed by atoms with Crippen molar-refractivity contribution >= 4 is 21.9 Å². The highest BCUT2D eigenvalue weighted by Gasteiger charge is 2.20. The molecule has 7 aromatic carbocycles. The maximum Gasteiger partial charge on any atom is 0.227 e. The predicted molar refractivity (Wildman–Crippen MR) is 198 cm³/mol. The van der Waals surface area contributed by atoms with E-state index >= 15 is 0 Å². The molecule has 5 nitrogen and oxygen atoms in total. The second-order valence-electron chi connectivity index (χ2n) is 11.9. The SMILES string of the molecule is c1ccc(-c2ccc(-c3nc(-c4ccccc4)nc(-c4cccc5ccc6nc(-c7ccccc7)oc6c45)n3)c(-c3ccccc3)c2)cc1. The van der Waals surface area contributed by atoms with Gasteiger partial charge < -0.3 is 4.42 Å². The molecule has 0 bridgehead atoms. The van der Waals surface area contributed by atoms with Gasteiger partial charge in [-0.1, -0.05) is 140 Å². The summed E-state index contributed by atoms with van der Waals surface area (Å²) in [5.74, 6) is 2.32. The second kappa shape index (κ2) is 12.1. The van der Waals surface area contributed by atoms with Crippen LogP contribution in [0.2, 0.25) is 0 Å². The summed E-state index contributed by atoms with van der Waals surface area (Å²) < 4.78 is 6.51. The fourth-order valence-corrected chi connectivity index (χ4v) is 6.38. The van der Waals surface area contributed by atoms with Crippen LogP contribution in [0.5, 0.6) is 0 Å². The third-order valence-corrected chi connectivity index (χ3v) is 8.78. The van der Waals surface area contributed by atoms with Crippen LogP contribution in [0.3, 0.4) is 0 Å². The number of nitrogens with zero attached hydrogens (tertiary/aromatic N) is 4. The highest BCUT2D eigenvalue weighted by molar-refractivity contribution is 6.10. The van der Waals surface area contributed by atoms with Gasteiger partial charge in [0.05, 0.1) is 0 Å². The Kier molecular flexibility index (Phi) is 7.06. The second-order valence-corrected chi connectivity index (χ2v) is 11.9. The Morgan fingerprint density at radius 3 is 1.63 bits per heavy atom. The zero-order valence-electron chi connectivity index (χ0n) is 26.4. The lowest BCUT2D eigenvalue weighted by Crippen LogP contribution is -2.01. The van der Waals surface area contributed by atoms with Gasteiger partial charge in [0.1, 0.15) is 5.52 Å². The summed E-state index contributed by atoms with van der Waals surface area (Å²) in [6, 6.07) is 57.6. The predicted octanol–water partition coefficient (Wildman–Crippen LogP) is 11.2. The monoisotopic (exact) mass is 628 g/mol. The molecule has 5 heteroatoms. The molecule has 9 aromatic rings. The summed E-state index contributed by atoms with van der Waals surface area (Å²) in [6.07, 6.45) is 0. The van der Waals surface area contributed by atoms with Crippen molar-refractivity contribution in [3.8, 4) is 67.9 Å². The molecule has 0 saturated carbocycles. The Balaban J connectivity index is 1.29. The van der Waals surface area contributed by atoms with Crippen LogP contribution >= 0.6 is 0 Å². The van der Waals surface area contributed by atoms with Gasteiger partial charge in [0.2, 0.25) is 5.89 Å². The molecule has 0 unspecified atom stereocenters. The highest BCUT2D eigenvalue weighted by atomic mass is 16.3. The van der Waals surface area contributed by atoms with E-state index in [1.165, 1.54) is 0 Å². The molecule has 2 heterocycles. The van der Waals surface area contributed by atoms with Gasteiger partial charge in [-0.2, -0.15) is 0 Å². The standard InChI is InChI=1S/C44H28N4O/c1-5-14-29(15-6-1)34-24-26-35(37(28-34)30-16-7-2-8-17-30)42-46-41(32-18-9-3-10-19-32)47-43(48-42)36-23-13-22-31-25-27-38-40(39(31)36)49-44(45-38)33-20-11-4-12-21-33/h1-28H. The first-order valence-electron chi connectivity index (χ1n) is 16.2. The molecule has 0 saturated heterocycles. The third-order valence-electron chi connectivity index (χ3n) is 8.78. The number of benzene rings is 7. The Hall–Kier alpha value is -6.72. The average molecular weight is 629 g/mol. The molecule has 0 radical (unpaired) electrons. The van der Waals surface area contributed by atoms with E-state index < -0.39 is 0 Å². The van der Waals surface area contributed by atoms with Gasteiger partial charge in [-0.25, -0.2) is 19.9 Å². The summed E-state index contributed by atoms with van der Waals surface area (Å²) in [4.78, 5) is 20.3. The smallest absolute Gasteiger partial charge is 0.227 e. The normalized spacial score (nSPS) is 11.3. The number of aromatic nitrogens is 4. The van der Waals surface area contributed by atoms with E-state index in [1.54, 1.807) is 0 Å². The van der Waals surface area contributed by atoms with E-state index in [-0.39, 0.29) is 0 Å². The van der Waals surface area contributed by atoms with E-state index in [9.17, 15) is 0 Å². The highest BCUT2D eigenvalue weighted by Crippen LogP contribution is 2.39. The summed E-state index contributed by atoms with van der Waals surface area (Å²) >= 11 is 0. The van der Waals surface area contributed by atoms with Crippen LogP contribution in [0.1, 0.15) is 0 Å². The molecule has 9 rings (SSSR count). The summed E-state index contributed by atoms with van der Waals surface area (Å²) in [5, 5.41) is 1.93. The molecule has 230 valence electrons. The van der Waals surface area contributed by atoms with Gasteiger partial charge >= 0.3 is 0 Å². The van der Waals surface area contributed by atoms with Crippen molar-refractivity contribution < 1.29 is 4.42 Å². The lowest BCUT2D eigenvalue weighted by atomic mass is 9.94. The fraction of sp³-hybridized carbons (Fsp3) is 0. The minimum Gasteiger partial charge on any atom is -0.435 e. The molecule has 0 spiro atoms. The van der Waals surface area contributed by atoms with Crippen LogP contribution in [0.4, 0.5) is 0 Å². The molecule has 49 heavy (non-hydrogen) atoms. The summed E-state index contributed by atoms with van der Waals surface area (Å²) in [7, 11) is 0. The van der Waals surface area contributed by atoms with Gasteiger partial charge in [-0.15, -0.1) is 0 Å². The molecule has 0 fully saturated rings. The minimum atomic E-state index is 0.561. The van der Waals surface area contributed by atoms with Crippen LogP contribution in [0, 0.1) is 0 Å². The topological polar surface area (TPSA) is 64.7 Å². The zero-order chi connectivity index (χ0) is 32.6. The van der Waals surface area contributed by atoms with Gasteiger partial charge in [0, 0.05) is 27.6 Å². The zero-order valence-corrected chi connectivity index (χ0v) is 26.4. The molecule has 0 aliphatic rings. The van der Waals surface area contributed by atoms with Crippen molar-refractivity contribution in [1.82, 2.24) is 19.9 Å². The number of oxazole rings is 1. The molecular formula is C44H28N4O. The van der Waals surface area contributed by atoms with E-state index in [1.807, 2.05) is 84.9 Å². The number of rotatable bonds is 6. The van der Waals surface area contributed by atoms with Crippen LogP contribution in [-0.2, 0) is 0 Å². The van der Waals surface area contributed by atoms with Crippen LogP contribution in [-0.4, -0.2) is 19.9 Å². The van der Waals surface area contributed by atoms with Gasteiger partial charge in [0.15, 0.2) is 23.1 Å². The van der Waals surface area contributed by atoms with E-state index in [4.69, 9.17) is 24.4 Å². The van der Waals surface area contributed by atoms with Crippen molar-refractivity contribution in [2.75, 3.05) is 0 Å². The lowest BCUT2D eigenvalue weighted by molar-refractivity contribution is 0.623. The largest absolute Gasteiger partial charge is 0.435 e. The molecule has 0 aliphatic carbocycles. The van der Waals surface area contributed by atoms with Crippen LogP contribution in [0.15, 0.2) is 174 Å². The van der Waals surface area contributed by atoms with E-state index in [2.05, 4.69) is 84.9 Å². The fourth-order valence-electron chi connectivity index (χ4n) is 6.38. The average Bonchev–Trinajstić information content (AvgIpc) is 3.64. The molecule has 0 amide bonds. The van der Waals surface area contributed by atoms with Gasteiger partial charge in [-0.05, 0) is 58.0 Å². The molecule has 0 aliphatic heterocycles. The molecule has 2 aromatic heterocycles. The summed E-state index contributed by atoms with van der Waals surface area (Å²) in [6.45, 7) is 0. The van der Waals surface area contributed by atoms with Crippen molar-refractivity contribution in [2.45, 2.75) is 0 Å². The maximum absolute atomic E-state index is 6.51. The third kappa shape index (κ3) is 5.33. The molecule has 0 N–H and O–H groups in total. The first kappa shape index (κ1) is 28.5. The Morgan fingerprint density at radius 2 is 0.939 bits per heavy atom. The van der Waals surface area contributed by atoms with Gasteiger partial charge in [0.25, 0.3) is 0 Å². The van der Waals surface area contributed by atoms with Crippen molar-refractivity contribution in [2.24, 2.45) is 0 Å². The first-order valence-corrected chi connectivity index (χ1v) is 16.2.